The van der Waals surface area contributed by atoms with Gasteiger partial charge in [0, 0.05) is 12.0 Å². The minimum absolute atomic E-state index is 0.167. The van der Waals surface area contributed by atoms with Gasteiger partial charge in [-0.2, -0.15) is 0 Å². The van der Waals surface area contributed by atoms with Crippen LogP contribution in [0, 0.1) is 0 Å². The predicted octanol–water partition coefficient (Wildman–Crippen LogP) is 7.82. The van der Waals surface area contributed by atoms with Crippen LogP contribution >= 0.6 is 0 Å². The van der Waals surface area contributed by atoms with Crippen LogP contribution < -0.4 is 0 Å². The van der Waals surface area contributed by atoms with E-state index in [0.717, 1.165) is 35.0 Å². The van der Waals surface area contributed by atoms with Crippen molar-refractivity contribution < 1.29 is 14.6 Å². The van der Waals surface area contributed by atoms with Crippen LogP contribution in [0.15, 0.2) is 36.4 Å². The van der Waals surface area contributed by atoms with Crippen LogP contribution in [0.1, 0.15) is 109 Å². The maximum Gasteiger partial charge on any atom is 0.306 e. The van der Waals surface area contributed by atoms with Crippen LogP contribution in [0.4, 0.5) is 0 Å². The lowest BCUT2D eigenvalue weighted by Gasteiger charge is -2.23. The highest BCUT2D eigenvalue weighted by molar-refractivity contribution is 5.74. The Hall–Kier alpha value is -2.89. The molecule has 0 atom stereocenters. The number of aryl methyl sites for hydroxylation is 1. The molecule has 0 spiro atoms. The third kappa shape index (κ3) is 8.87. The molecule has 0 unspecified atom stereocenters. The van der Waals surface area contributed by atoms with Crippen molar-refractivity contribution in [2.45, 2.75) is 110 Å². The number of hydrogen-bond donors (Lipinski definition) is 1. The number of carbonyl (C=O) groups excluding carboxylic acids is 1. The molecule has 6 heteroatoms. The summed E-state index contributed by atoms with van der Waals surface area (Å²) < 4.78 is 5.49. The number of phenolic OH excluding ortho intramolecular Hbond substituents is 1. The predicted molar refractivity (Wildman–Crippen MR) is 150 cm³/mol. The zero-order chi connectivity index (χ0) is 26.7. The Labute approximate surface area is 222 Å². The largest absolute Gasteiger partial charge is 0.505 e. The van der Waals surface area contributed by atoms with E-state index in [4.69, 9.17) is 4.74 Å². The summed E-state index contributed by atoms with van der Waals surface area (Å²) in [6.45, 7) is 8.92. The van der Waals surface area contributed by atoms with Gasteiger partial charge in [-0.25, -0.2) is 0 Å². The molecule has 1 aromatic heterocycles. The highest BCUT2D eigenvalue weighted by atomic mass is 16.5. The fraction of sp³-hybridized carbons (Fsp3) is 0.581. The summed E-state index contributed by atoms with van der Waals surface area (Å²) in [4.78, 5) is 13.9. The number of ether oxygens (including phenoxy) is 1. The smallest absolute Gasteiger partial charge is 0.306 e. The van der Waals surface area contributed by atoms with Crippen molar-refractivity contribution in [3.05, 3.63) is 47.5 Å². The summed E-state index contributed by atoms with van der Waals surface area (Å²) in [7, 11) is 0. The normalized spacial score (nSPS) is 11.8. The summed E-state index contributed by atoms with van der Waals surface area (Å²) in [5.41, 5.74) is 3.53. The summed E-state index contributed by atoms with van der Waals surface area (Å²) in [6.07, 6.45) is 13.4. The van der Waals surface area contributed by atoms with Crippen molar-refractivity contribution >= 4 is 17.0 Å². The lowest BCUT2D eigenvalue weighted by molar-refractivity contribution is -0.143. The van der Waals surface area contributed by atoms with Crippen LogP contribution in [0.3, 0.4) is 0 Å². The molecule has 0 saturated carbocycles. The Morgan fingerprint density at radius 3 is 2.03 bits per heavy atom. The van der Waals surface area contributed by atoms with E-state index in [9.17, 15) is 9.90 Å². The van der Waals surface area contributed by atoms with Gasteiger partial charge in [0.05, 0.1) is 6.61 Å². The van der Waals surface area contributed by atoms with Crippen molar-refractivity contribution in [1.29, 1.82) is 0 Å². The molecule has 0 fully saturated rings. The number of fused-ring (bicyclic) bond motifs is 1. The lowest BCUT2D eigenvalue weighted by Crippen LogP contribution is -2.14. The van der Waals surface area contributed by atoms with E-state index in [1.54, 1.807) is 0 Å². The van der Waals surface area contributed by atoms with Crippen molar-refractivity contribution in [1.82, 2.24) is 15.0 Å². The van der Waals surface area contributed by atoms with E-state index in [1.807, 2.05) is 36.4 Å². The van der Waals surface area contributed by atoms with Crippen molar-refractivity contribution in [3.63, 3.8) is 0 Å². The summed E-state index contributed by atoms with van der Waals surface area (Å²) in [5, 5.41) is 20.2. The number of esters is 1. The third-order valence-corrected chi connectivity index (χ3v) is 6.84. The summed E-state index contributed by atoms with van der Waals surface area (Å²) in [6, 6.07) is 11.5. The van der Waals surface area contributed by atoms with Crippen LogP contribution in [0.2, 0.25) is 0 Å². The first kappa shape index (κ1) is 28.7. The molecule has 0 aliphatic carbocycles. The molecular formula is C31H45N3O3. The molecule has 1 N–H and O–H groups in total. The summed E-state index contributed by atoms with van der Waals surface area (Å²) in [5.74, 6) is -0.00842. The molecule has 0 amide bonds. The Bertz CT molecular complexity index is 1100. The molecule has 1 heterocycles. The SMILES string of the molecule is CCCCCCCCCCCCOC(=O)CCc1cc(-n2nc3ccccc3n2)c(O)c(C(C)(C)C)c1. The van der Waals surface area contributed by atoms with E-state index in [2.05, 4.69) is 37.9 Å². The molecule has 0 aliphatic rings. The first-order chi connectivity index (χ1) is 17.8. The van der Waals surface area contributed by atoms with Gasteiger partial charge >= 0.3 is 5.97 Å². The molecule has 3 rings (SSSR count). The third-order valence-electron chi connectivity index (χ3n) is 6.84. The van der Waals surface area contributed by atoms with Crippen molar-refractivity contribution in [3.8, 4) is 11.4 Å². The van der Waals surface area contributed by atoms with Crippen LogP contribution in [0.25, 0.3) is 16.7 Å². The zero-order valence-electron chi connectivity index (χ0n) is 23.3. The van der Waals surface area contributed by atoms with Gasteiger partial charge < -0.3 is 9.84 Å². The number of rotatable bonds is 15. The fourth-order valence-electron chi connectivity index (χ4n) is 4.61. The second kappa shape index (κ2) is 14.2. The second-order valence-electron chi connectivity index (χ2n) is 11.1. The number of hydrogen-bond acceptors (Lipinski definition) is 5. The number of phenols is 1. The highest BCUT2D eigenvalue weighted by Crippen LogP contribution is 2.36. The van der Waals surface area contributed by atoms with Gasteiger partial charge in [-0.3, -0.25) is 4.79 Å². The van der Waals surface area contributed by atoms with E-state index in [-0.39, 0.29) is 17.1 Å². The first-order valence-electron chi connectivity index (χ1n) is 14.1. The van der Waals surface area contributed by atoms with Crippen LogP contribution in [-0.2, 0) is 21.4 Å². The molecule has 37 heavy (non-hydrogen) atoms. The summed E-state index contributed by atoms with van der Waals surface area (Å²) >= 11 is 0. The van der Waals surface area contributed by atoms with Gasteiger partial charge in [0.1, 0.15) is 22.5 Å². The number of aromatic nitrogens is 3. The minimum Gasteiger partial charge on any atom is -0.505 e. The van der Waals surface area contributed by atoms with Gasteiger partial charge in [-0.05, 0) is 42.0 Å². The van der Waals surface area contributed by atoms with Crippen LogP contribution in [-0.4, -0.2) is 32.7 Å². The Kier molecular flexibility index (Phi) is 11.0. The number of benzene rings is 2. The molecule has 0 bridgehead atoms. The van der Waals surface area contributed by atoms with Gasteiger partial charge in [-0.1, -0.05) is 104 Å². The molecule has 202 valence electrons. The minimum atomic E-state index is -0.280. The van der Waals surface area contributed by atoms with Gasteiger partial charge in [0.2, 0.25) is 0 Å². The van der Waals surface area contributed by atoms with Crippen molar-refractivity contribution in [2.24, 2.45) is 0 Å². The molecule has 0 radical (unpaired) electrons. The Balaban J connectivity index is 1.50. The number of nitrogens with zero attached hydrogens (tertiary/aromatic N) is 3. The van der Waals surface area contributed by atoms with Gasteiger partial charge in [0.25, 0.3) is 0 Å². The van der Waals surface area contributed by atoms with Gasteiger partial charge in [-0.15, -0.1) is 15.0 Å². The van der Waals surface area contributed by atoms with E-state index < -0.39 is 0 Å². The van der Waals surface area contributed by atoms with Gasteiger partial charge in [0.15, 0.2) is 0 Å². The average Bonchev–Trinajstić information content (AvgIpc) is 3.30. The molecule has 6 nitrogen and oxygen atoms in total. The fourth-order valence-corrected chi connectivity index (χ4v) is 4.61. The first-order valence-corrected chi connectivity index (χ1v) is 14.1. The topological polar surface area (TPSA) is 77.2 Å². The molecule has 3 aromatic rings. The molecule has 0 saturated heterocycles. The Morgan fingerprint density at radius 2 is 1.46 bits per heavy atom. The molecule has 2 aromatic carbocycles. The van der Waals surface area contributed by atoms with E-state index in [1.165, 1.54) is 56.2 Å². The Morgan fingerprint density at radius 1 is 0.892 bits per heavy atom. The standard InChI is InChI=1S/C31H45N3O3/c1-5-6-7-8-9-10-11-12-13-16-21-37-29(35)20-19-24-22-25(31(2,3)4)30(36)28(23-24)34-32-26-17-14-15-18-27(26)33-34/h14-15,17-18,22-23,36H,5-13,16,19-21H2,1-4H3. The molecule has 0 aliphatic heterocycles. The maximum atomic E-state index is 12.4. The number of aromatic hydroxyl groups is 1. The lowest BCUT2D eigenvalue weighted by atomic mass is 9.84. The quantitative estimate of drug-likeness (QED) is 0.168. The average molecular weight is 508 g/mol. The second-order valence-corrected chi connectivity index (χ2v) is 11.1. The maximum absolute atomic E-state index is 12.4. The highest BCUT2D eigenvalue weighted by Gasteiger charge is 2.23. The molecular weight excluding hydrogens is 462 g/mol. The van der Waals surface area contributed by atoms with E-state index in [0.29, 0.717) is 25.1 Å². The van der Waals surface area contributed by atoms with E-state index >= 15 is 0 Å². The number of unbranched alkanes of at least 4 members (excludes halogenated alkanes) is 9. The van der Waals surface area contributed by atoms with Crippen LogP contribution in [0.5, 0.6) is 5.75 Å². The number of carbonyl (C=O) groups is 1. The zero-order valence-corrected chi connectivity index (χ0v) is 23.3. The van der Waals surface area contributed by atoms with Crippen molar-refractivity contribution in [2.75, 3.05) is 6.61 Å². The monoisotopic (exact) mass is 507 g/mol.